The van der Waals surface area contributed by atoms with Crippen molar-refractivity contribution in [3.05, 3.63) is 0 Å². The maximum atomic E-state index is 11.9. The fourth-order valence-corrected chi connectivity index (χ4v) is 1.98. The fraction of sp³-hybridized carbons (Fsp3) is 0.769. The van der Waals surface area contributed by atoms with Gasteiger partial charge in [-0.2, -0.15) is 0 Å². The molecule has 1 aliphatic rings. The highest BCUT2D eigenvalue weighted by Crippen LogP contribution is 2.24. The largest absolute Gasteiger partial charge is 0.480 e. The summed E-state index contributed by atoms with van der Waals surface area (Å²) in [5.41, 5.74) is -0.640. The lowest BCUT2D eigenvalue weighted by atomic mass is 9.97. The number of carboxylic acid groups (broad SMARTS) is 1. The second kappa shape index (κ2) is 6.75. The van der Waals surface area contributed by atoms with E-state index in [1.165, 1.54) is 4.90 Å². The third kappa shape index (κ3) is 5.22. The molecule has 0 aromatic heterocycles. The van der Waals surface area contributed by atoms with E-state index in [1.54, 1.807) is 13.8 Å². The molecule has 0 spiro atoms. The lowest BCUT2D eigenvalue weighted by molar-refractivity contribution is -0.159. The zero-order chi connectivity index (χ0) is 16.2. The molecule has 0 aliphatic carbocycles. The van der Waals surface area contributed by atoms with Gasteiger partial charge in [0, 0.05) is 6.04 Å². The van der Waals surface area contributed by atoms with Crippen LogP contribution in [0, 0.1) is 0 Å². The molecule has 1 heterocycles. The van der Waals surface area contributed by atoms with E-state index in [-0.39, 0.29) is 24.6 Å². The quantitative estimate of drug-likeness (QED) is 0.629. The number of aliphatic carboxylic acids is 1. The number of nitrogens with zero attached hydrogens (tertiary/aromatic N) is 1. The van der Waals surface area contributed by atoms with Crippen LogP contribution in [-0.4, -0.2) is 65.3 Å². The van der Waals surface area contributed by atoms with Crippen LogP contribution in [0.4, 0.5) is 4.79 Å². The summed E-state index contributed by atoms with van der Waals surface area (Å²) in [5.74, 6) is -1.29. The van der Waals surface area contributed by atoms with Crippen LogP contribution in [-0.2, 0) is 14.3 Å². The maximum Gasteiger partial charge on any atom is 0.329 e. The summed E-state index contributed by atoms with van der Waals surface area (Å²) >= 11 is 0. The third-order valence-electron chi connectivity index (χ3n) is 3.05. The van der Waals surface area contributed by atoms with E-state index < -0.39 is 17.6 Å². The van der Waals surface area contributed by atoms with Gasteiger partial charge in [0.15, 0.2) is 0 Å². The van der Waals surface area contributed by atoms with Crippen LogP contribution in [0.3, 0.4) is 0 Å². The molecule has 0 saturated carbocycles. The van der Waals surface area contributed by atoms with E-state index in [0.717, 1.165) is 0 Å². The Morgan fingerprint density at radius 3 is 2.29 bits per heavy atom. The molecule has 1 unspecified atom stereocenters. The van der Waals surface area contributed by atoms with Crippen molar-refractivity contribution in [2.75, 3.05) is 19.7 Å². The minimum absolute atomic E-state index is 0.00794. The fourth-order valence-electron chi connectivity index (χ4n) is 1.98. The Balaban J connectivity index is 2.35. The Morgan fingerprint density at radius 2 is 1.81 bits per heavy atom. The van der Waals surface area contributed by atoms with Crippen LogP contribution in [0.5, 0.6) is 0 Å². The molecular weight excluding hydrogens is 278 g/mol. The predicted molar refractivity (Wildman–Crippen MR) is 74.8 cm³/mol. The molecule has 0 bridgehead atoms. The summed E-state index contributed by atoms with van der Waals surface area (Å²) in [5, 5.41) is 13.9. The molecule has 8 nitrogen and oxygen atoms in total. The molecule has 3 N–H and O–H groups in total. The Hall–Kier alpha value is -1.83. The average Bonchev–Trinajstić information content (AvgIpc) is 2.31. The zero-order valence-corrected chi connectivity index (χ0v) is 12.8. The number of rotatable bonds is 6. The molecule has 0 aromatic rings. The summed E-state index contributed by atoms with van der Waals surface area (Å²) in [6.07, 6.45) is 0. The Morgan fingerprint density at radius 1 is 1.24 bits per heavy atom. The first-order chi connectivity index (χ1) is 9.63. The molecule has 120 valence electrons. The molecule has 3 amide bonds. The summed E-state index contributed by atoms with van der Waals surface area (Å²) in [7, 11) is 0. The minimum Gasteiger partial charge on any atom is -0.480 e. The van der Waals surface area contributed by atoms with Gasteiger partial charge in [0.25, 0.3) is 0 Å². The zero-order valence-electron chi connectivity index (χ0n) is 12.8. The standard InChI is InChI=1S/C13H23N3O5/c1-8(2)14-11(19)9(3)15-12(20)16-6-13(4,7-16)21-5-10(17)18/h8-9H,5-7H2,1-4H3,(H,14,19)(H,15,20)(H,17,18). The van der Waals surface area contributed by atoms with E-state index in [4.69, 9.17) is 9.84 Å². The second-order valence-electron chi connectivity index (χ2n) is 5.82. The molecule has 1 aliphatic heterocycles. The number of urea groups is 1. The molecule has 1 atom stereocenters. The van der Waals surface area contributed by atoms with Crippen molar-refractivity contribution in [2.45, 2.75) is 45.4 Å². The van der Waals surface area contributed by atoms with Gasteiger partial charge in [-0.25, -0.2) is 9.59 Å². The van der Waals surface area contributed by atoms with Crippen molar-refractivity contribution in [1.29, 1.82) is 0 Å². The van der Waals surface area contributed by atoms with Gasteiger partial charge < -0.3 is 25.4 Å². The molecular formula is C13H23N3O5. The summed E-state index contributed by atoms with van der Waals surface area (Å²) in [6.45, 7) is 7.23. The first-order valence-corrected chi connectivity index (χ1v) is 6.84. The highest BCUT2D eigenvalue weighted by molar-refractivity contribution is 5.87. The van der Waals surface area contributed by atoms with Gasteiger partial charge in [0.05, 0.1) is 13.1 Å². The van der Waals surface area contributed by atoms with Crippen LogP contribution in [0.25, 0.3) is 0 Å². The van der Waals surface area contributed by atoms with E-state index in [9.17, 15) is 14.4 Å². The number of nitrogens with one attached hydrogen (secondary N) is 2. The van der Waals surface area contributed by atoms with Gasteiger partial charge in [-0.15, -0.1) is 0 Å². The normalized spacial score (nSPS) is 17.9. The molecule has 1 rings (SSSR count). The third-order valence-corrected chi connectivity index (χ3v) is 3.05. The number of ether oxygens (including phenoxy) is 1. The number of carbonyl (C=O) groups is 3. The summed E-state index contributed by atoms with van der Waals surface area (Å²) in [4.78, 5) is 35.5. The highest BCUT2D eigenvalue weighted by atomic mass is 16.5. The van der Waals surface area contributed by atoms with Crippen LogP contribution < -0.4 is 10.6 Å². The predicted octanol–water partition coefficient (Wildman–Crippen LogP) is -0.215. The van der Waals surface area contributed by atoms with Crippen LogP contribution in [0.15, 0.2) is 0 Å². The molecule has 0 aromatic carbocycles. The van der Waals surface area contributed by atoms with Gasteiger partial charge in [0.1, 0.15) is 18.2 Å². The lowest BCUT2D eigenvalue weighted by Gasteiger charge is -2.47. The van der Waals surface area contributed by atoms with Gasteiger partial charge in [-0.1, -0.05) is 0 Å². The minimum atomic E-state index is -1.04. The van der Waals surface area contributed by atoms with Gasteiger partial charge >= 0.3 is 12.0 Å². The maximum absolute atomic E-state index is 11.9. The monoisotopic (exact) mass is 301 g/mol. The SMILES string of the molecule is CC(C)NC(=O)C(C)NC(=O)N1CC(C)(OCC(=O)O)C1. The summed E-state index contributed by atoms with van der Waals surface area (Å²) < 4.78 is 5.21. The number of hydrogen-bond acceptors (Lipinski definition) is 4. The van der Waals surface area contributed by atoms with Crippen LogP contribution in [0.2, 0.25) is 0 Å². The van der Waals surface area contributed by atoms with Crippen molar-refractivity contribution < 1.29 is 24.2 Å². The number of carbonyl (C=O) groups excluding carboxylic acids is 2. The van der Waals surface area contributed by atoms with E-state index in [0.29, 0.717) is 13.1 Å². The number of likely N-dealkylation sites (tertiary alicyclic amines) is 1. The van der Waals surface area contributed by atoms with Gasteiger partial charge in [-0.05, 0) is 27.7 Å². The van der Waals surface area contributed by atoms with E-state index in [2.05, 4.69) is 10.6 Å². The van der Waals surface area contributed by atoms with E-state index in [1.807, 2.05) is 13.8 Å². The van der Waals surface area contributed by atoms with Gasteiger partial charge in [-0.3, -0.25) is 4.79 Å². The summed E-state index contributed by atoms with van der Waals surface area (Å²) in [6, 6.07) is -0.988. The second-order valence-corrected chi connectivity index (χ2v) is 5.82. The number of carboxylic acids is 1. The van der Waals surface area contributed by atoms with Crippen molar-refractivity contribution in [3.63, 3.8) is 0 Å². The first kappa shape index (κ1) is 17.2. The molecule has 0 radical (unpaired) electrons. The van der Waals surface area contributed by atoms with Crippen LogP contribution in [0.1, 0.15) is 27.7 Å². The molecule has 8 heteroatoms. The van der Waals surface area contributed by atoms with Crippen molar-refractivity contribution >= 4 is 17.9 Å². The van der Waals surface area contributed by atoms with Gasteiger partial charge in [0.2, 0.25) is 5.91 Å². The first-order valence-electron chi connectivity index (χ1n) is 6.84. The Labute approximate surface area is 123 Å². The molecule has 21 heavy (non-hydrogen) atoms. The molecule has 1 fully saturated rings. The van der Waals surface area contributed by atoms with Crippen molar-refractivity contribution in [3.8, 4) is 0 Å². The number of hydrogen-bond donors (Lipinski definition) is 3. The Bertz CT molecular complexity index is 418. The van der Waals surface area contributed by atoms with Crippen molar-refractivity contribution in [2.24, 2.45) is 0 Å². The van der Waals surface area contributed by atoms with Crippen molar-refractivity contribution in [1.82, 2.24) is 15.5 Å². The smallest absolute Gasteiger partial charge is 0.329 e. The topological polar surface area (TPSA) is 108 Å². The Kier molecular flexibility index (Phi) is 5.54. The average molecular weight is 301 g/mol. The van der Waals surface area contributed by atoms with Crippen LogP contribution >= 0.6 is 0 Å². The number of amides is 3. The lowest BCUT2D eigenvalue weighted by Crippen LogP contribution is -2.66. The molecule has 1 saturated heterocycles. The van der Waals surface area contributed by atoms with E-state index >= 15 is 0 Å². The highest BCUT2D eigenvalue weighted by Gasteiger charge is 2.43.